The van der Waals surface area contributed by atoms with Crippen molar-refractivity contribution in [3.05, 3.63) is 107 Å². The van der Waals surface area contributed by atoms with Crippen LogP contribution >= 0.6 is 0 Å². The first-order valence-corrected chi connectivity index (χ1v) is 14.9. The molecule has 4 aromatic rings. The molecule has 12 heteroatoms. The number of nitriles is 1. The van der Waals surface area contributed by atoms with Gasteiger partial charge in [-0.3, -0.25) is 14.3 Å². The van der Waals surface area contributed by atoms with Crippen molar-refractivity contribution in [3.8, 4) is 11.8 Å². The van der Waals surface area contributed by atoms with E-state index in [0.717, 1.165) is 19.5 Å². The van der Waals surface area contributed by atoms with Crippen LogP contribution in [0.1, 0.15) is 50.9 Å². The largest absolute Gasteiger partial charge is 0.488 e. The Morgan fingerprint density at radius 3 is 2.51 bits per heavy atom. The van der Waals surface area contributed by atoms with Gasteiger partial charge in [0.25, 0.3) is 17.7 Å². The van der Waals surface area contributed by atoms with Crippen molar-refractivity contribution in [2.75, 3.05) is 30.4 Å². The number of hydrogen-bond acceptors (Lipinski definition) is 6. The van der Waals surface area contributed by atoms with Gasteiger partial charge in [0.2, 0.25) is 0 Å². The summed E-state index contributed by atoms with van der Waals surface area (Å²) in [5, 5.41) is 15.8. The first-order valence-electron chi connectivity index (χ1n) is 14.4. The first kappa shape index (κ1) is 30.2. The third-order valence-corrected chi connectivity index (χ3v) is 8.45. The van der Waals surface area contributed by atoms with Gasteiger partial charge in [-0.15, -0.1) is 0 Å². The summed E-state index contributed by atoms with van der Waals surface area (Å²) in [7, 11) is 5.68. The molecule has 1 N–H and O–H groups in total. The molecular weight excluding hydrogens is 594 g/mol. The summed E-state index contributed by atoms with van der Waals surface area (Å²) < 4.78 is 37.8. The topological polar surface area (TPSA) is 103 Å². The summed E-state index contributed by atoms with van der Waals surface area (Å²) in [5.41, 5.74) is 0.727. The number of benzene rings is 3. The van der Waals surface area contributed by atoms with Gasteiger partial charge in [-0.2, -0.15) is 19.1 Å². The number of likely N-dealkylation sites (tertiary alicyclic amines) is 1. The maximum absolute atomic E-state index is 15.2. The molecule has 2 amide bonds. The zero-order chi connectivity index (χ0) is 31.9. The maximum Gasteiger partial charge on any atom is 0.298 e. The number of carbonyl (C=O) groups excluding carboxylic acids is 2. The van der Waals surface area contributed by atoms with Crippen LogP contribution in [-0.2, 0) is 12.5 Å². The van der Waals surface area contributed by atoms with Gasteiger partial charge in [-0.1, -0.05) is 42.5 Å². The maximum atomic E-state index is 15.2. The molecule has 3 radical (unpaired) electrons. The summed E-state index contributed by atoms with van der Waals surface area (Å²) in [5.74, 6) is -3.91. The summed E-state index contributed by atoms with van der Waals surface area (Å²) in [6.07, 6.45) is 2.15. The van der Waals surface area contributed by atoms with Gasteiger partial charge < -0.3 is 19.9 Å². The zero-order valence-electron chi connectivity index (χ0n) is 24.6. The SMILES string of the molecule is CN1CC[C@H](Oc2ccc(NC(=O)c3cnn4c3C(=O)N(c3ccc(C(F)(F)c5ccccc5)cc3)[C@@](C)([Si])C4)cc2C#N)C1. The quantitative estimate of drug-likeness (QED) is 0.298. The Morgan fingerprint density at radius 1 is 1.13 bits per heavy atom. The number of fused-ring (bicyclic) bond motifs is 1. The molecule has 2 atom stereocenters. The molecule has 0 aliphatic carbocycles. The van der Waals surface area contributed by atoms with Crippen LogP contribution in [0.2, 0.25) is 0 Å². The average molecular weight is 624 g/mol. The van der Waals surface area contributed by atoms with Gasteiger partial charge >= 0.3 is 0 Å². The van der Waals surface area contributed by atoms with Crippen molar-refractivity contribution in [3.63, 3.8) is 0 Å². The van der Waals surface area contributed by atoms with E-state index in [9.17, 15) is 14.9 Å². The smallest absolute Gasteiger partial charge is 0.298 e. The Kier molecular flexibility index (Phi) is 7.76. The van der Waals surface area contributed by atoms with Gasteiger partial charge in [0.15, 0.2) is 0 Å². The molecule has 3 aromatic carbocycles. The molecule has 227 valence electrons. The number of hydrogen-bond donors (Lipinski definition) is 1. The van der Waals surface area contributed by atoms with E-state index < -0.39 is 22.9 Å². The van der Waals surface area contributed by atoms with Crippen LogP contribution < -0.4 is 15.0 Å². The van der Waals surface area contributed by atoms with Crippen molar-refractivity contribution in [2.45, 2.75) is 37.1 Å². The Balaban J connectivity index is 1.23. The van der Waals surface area contributed by atoms with E-state index in [-0.39, 0.29) is 40.6 Å². The van der Waals surface area contributed by atoms with Crippen LogP contribution in [0.25, 0.3) is 0 Å². The number of nitrogens with zero attached hydrogens (tertiary/aromatic N) is 5. The van der Waals surface area contributed by atoms with Crippen LogP contribution in [0.5, 0.6) is 5.75 Å². The third kappa shape index (κ3) is 5.72. The number of anilines is 2. The zero-order valence-corrected chi connectivity index (χ0v) is 25.6. The lowest BCUT2D eigenvalue weighted by Gasteiger charge is -2.42. The number of carbonyl (C=O) groups is 2. The van der Waals surface area contributed by atoms with Crippen molar-refractivity contribution in [1.29, 1.82) is 5.26 Å². The van der Waals surface area contributed by atoms with Gasteiger partial charge in [0, 0.05) is 40.8 Å². The second kappa shape index (κ2) is 11.6. The Labute approximate surface area is 262 Å². The van der Waals surface area contributed by atoms with Crippen LogP contribution in [0.15, 0.2) is 79.0 Å². The number of alkyl halides is 2. The number of amides is 2. The predicted molar refractivity (Wildman–Crippen MR) is 165 cm³/mol. The normalized spacial score (nSPS) is 20.0. The fourth-order valence-corrected chi connectivity index (χ4v) is 6.17. The number of nitrogens with one attached hydrogen (secondary N) is 1. The molecule has 0 unspecified atom stereocenters. The minimum Gasteiger partial charge on any atom is -0.488 e. The van der Waals surface area contributed by atoms with E-state index in [1.54, 1.807) is 37.3 Å². The number of rotatable bonds is 7. The molecule has 6 rings (SSSR count). The molecule has 1 saturated heterocycles. The number of ether oxygens (including phenoxy) is 1. The molecular formula is C33H29F2N6O3Si. The monoisotopic (exact) mass is 623 g/mol. The molecule has 2 aliphatic rings. The number of halogens is 2. The predicted octanol–water partition coefficient (Wildman–Crippen LogP) is 4.78. The van der Waals surface area contributed by atoms with Gasteiger partial charge in [-0.25, -0.2) is 0 Å². The number of likely N-dealkylation sites (N-methyl/N-ethyl adjacent to an activating group) is 1. The van der Waals surface area contributed by atoms with E-state index in [4.69, 9.17) is 4.74 Å². The molecule has 1 aromatic heterocycles. The Hall–Kier alpha value is -4.86. The van der Waals surface area contributed by atoms with E-state index in [1.165, 1.54) is 58.2 Å². The average Bonchev–Trinajstić information content (AvgIpc) is 3.63. The number of aromatic nitrogens is 2. The lowest BCUT2D eigenvalue weighted by molar-refractivity contribution is 0.0428. The second-order valence-electron chi connectivity index (χ2n) is 11.5. The fourth-order valence-electron chi connectivity index (χ4n) is 5.79. The summed E-state index contributed by atoms with van der Waals surface area (Å²) in [6.45, 7) is 3.62. The molecule has 1 fully saturated rings. The summed E-state index contributed by atoms with van der Waals surface area (Å²) >= 11 is 0. The van der Waals surface area contributed by atoms with Gasteiger partial charge in [-0.05, 0) is 50.7 Å². The highest BCUT2D eigenvalue weighted by Crippen LogP contribution is 2.38. The van der Waals surface area contributed by atoms with Crippen LogP contribution in [0.3, 0.4) is 0 Å². The van der Waals surface area contributed by atoms with Crippen LogP contribution in [-0.4, -0.2) is 68.1 Å². The fraction of sp³-hybridized carbons (Fsp3) is 0.273. The van der Waals surface area contributed by atoms with Crippen molar-refractivity contribution < 1.29 is 23.1 Å². The minimum atomic E-state index is -3.23. The standard InChI is InChI=1S/C33H29F2N6O3Si/c1-32(45)20-40-29(31(43)41(32)25-11-8-23(9-12-25)33(34,35)22-6-4-3-5-7-22)27(18-37-40)30(42)38-24-10-13-28(21(16-24)17-36)44-26-14-15-39(2)19-26/h3-13,16,18,26H,14-15,19-20H2,1-2H3,(H,38,42)/t26-,32-/m0/s1. The van der Waals surface area contributed by atoms with E-state index in [1.807, 2.05) is 7.05 Å². The van der Waals surface area contributed by atoms with E-state index >= 15 is 8.78 Å². The van der Waals surface area contributed by atoms with Crippen LogP contribution in [0.4, 0.5) is 20.2 Å². The molecule has 0 bridgehead atoms. The lowest BCUT2D eigenvalue weighted by atomic mass is 9.99. The molecule has 9 nitrogen and oxygen atoms in total. The first-order chi connectivity index (χ1) is 21.5. The lowest BCUT2D eigenvalue weighted by Crippen LogP contribution is -2.58. The minimum absolute atomic E-state index is 0.0213. The van der Waals surface area contributed by atoms with Gasteiger partial charge in [0.05, 0.1) is 34.1 Å². The van der Waals surface area contributed by atoms with E-state index in [2.05, 4.69) is 31.6 Å². The molecule has 45 heavy (non-hydrogen) atoms. The molecule has 2 aliphatic heterocycles. The highest BCUT2D eigenvalue weighted by molar-refractivity contribution is 6.25. The van der Waals surface area contributed by atoms with Crippen molar-refractivity contribution >= 4 is 33.4 Å². The summed E-state index contributed by atoms with van der Waals surface area (Å²) in [4.78, 5) is 31.0. The van der Waals surface area contributed by atoms with Crippen molar-refractivity contribution in [1.82, 2.24) is 14.7 Å². The highest BCUT2D eigenvalue weighted by atomic mass is 28.1. The molecule has 0 spiro atoms. The third-order valence-electron chi connectivity index (χ3n) is 8.06. The van der Waals surface area contributed by atoms with E-state index in [0.29, 0.717) is 17.1 Å². The summed E-state index contributed by atoms with van der Waals surface area (Å²) in [6, 6.07) is 20.0. The second-order valence-corrected chi connectivity index (χ2v) is 12.6. The van der Waals surface area contributed by atoms with Gasteiger partial charge in [0.1, 0.15) is 23.6 Å². The molecule has 3 heterocycles. The van der Waals surface area contributed by atoms with Crippen LogP contribution in [0, 0.1) is 11.3 Å². The van der Waals surface area contributed by atoms with Crippen molar-refractivity contribution in [2.24, 2.45) is 0 Å². The Morgan fingerprint density at radius 2 is 1.84 bits per heavy atom. The molecule has 0 saturated carbocycles. The Bertz CT molecular complexity index is 1800. The highest BCUT2D eigenvalue weighted by Gasteiger charge is 2.43.